The highest BCUT2D eigenvalue weighted by Crippen LogP contribution is 2.32. The highest BCUT2D eigenvalue weighted by atomic mass is 16.7. The first kappa shape index (κ1) is 22.0. The second-order valence-corrected chi connectivity index (χ2v) is 8.15. The van der Waals surface area contributed by atoms with E-state index in [1.165, 1.54) is 0 Å². The van der Waals surface area contributed by atoms with Crippen molar-refractivity contribution in [3.05, 3.63) is 53.6 Å². The van der Waals surface area contributed by atoms with Gasteiger partial charge in [0.15, 0.2) is 11.5 Å². The smallest absolute Gasteiger partial charge is 0.253 e. The van der Waals surface area contributed by atoms with Gasteiger partial charge in [0.1, 0.15) is 5.75 Å². The van der Waals surface area contributed by atoms with E-state index in [1.54, 1.807) is 18.2 Å². The zero-order valence-electron chi connectivity index (χ0n) is 18.5. The molecule has 8 heteroatoms. The summed E-state index contributed by atoms with van der Waals surface area (Å²) in [6, 6.07) is 12.5. The van der Waals surface area contributed by atoms with Crippen LogP contribution in [0.1, 0.15) is 34.6 Å². The van der Waals surface area contributed by atoms with Crippen LogP contribution in [0, 0.1) is 0 Å². The second-order valence-electron chi connectivity index (χ2n) is 8.15. The number of ether oxygens (including phenoxy) is 3. The molecule has 8 nitrogen and oxygen atoms in total. The van der Waals surface area contributed by atoms with Crippen molar-refractivity contribution in [2.24, 2.45) is 0 Å². The lowest BCUT2D eigenvalue weighted by molar-refractivity contribution is 0.0638. The molecule has 1 saturated heterocycles. The van der Waals surface area contributed by atoms with Crippen LogP contribution in [0.3, 0.4) is 0 Å². The predicted octanol–water partition coefficient (Wildman–Crippen LogP) is 2.39. The molecule has 2 aromatic carbocycles. The Bertz CT molecular complexity index is 953. The summed E-state index contributed by atoms with van der Waals surface area (Å²) in [5.74, 6) is 1.93. The Morgan fingerprint density at radius 3 is 2.38 bits per heavy atom. The van der Waals surface area contributed by atoms with Gasteiger partial charge in [0.25, 0.3) is 11.8 Å². The molecule has 0 bridgehead atoms. The third-order valence-electron chi connectivity index (χ3n) is 5.48. The molecule has 2 aliphatic rings. The zero-order chi connectivity index (χ0) is 22.5. The number of amides is 2. The Morgan fingerprint density at radius 1 is 0.969 bits per heavy atom. The lowest BCUT2D eigenvalue weighted by Gasteiger charge is -2.34. The van der Waals surface area contributed by atoms with E-state index in [-0.39, 0.29) is 24.7 Å². The number of hydrogen-bond acceptors (Lipinski definition) is 6. The fourth-order valence-corrected chi connectivity index (χ4v) is 3.77. The molecule has 0 unspecified atom stereocenters. The predicted molar refractivity (Wildman–Crippen MR) is 119 cm³/mol. The maximum absolute atomic E-state index is 12.8. The van der Waals surface area contributed by atoms with Crippen LogP contribution < -0.4 is 19.5 Å². The van der Waals surface area contributed by atoms with E-state index in [2.05, 4.69) is 10.2 Å². The molecule has 0 atom stereocenters. The summed E-state index contributed by atoms with van der Waals surface area (Å²) in [5, 5.41) is 2.95. The number of carbonyl (C=O) groups is 2. The number of nitrogens with one attached hydrogen (secondary N) is 1. The minimum absolute atomic E-state index is 0.0388. The molecule has 0 radical (unpaired) electrons. The van der Waals surface area contributed by atoms with Crippen LogP contribution in [0.2, 0.25) is 0 Å². The topological polar surface area (TPSA) is 80.3 Å². The largest absolute Gasteiger partial charge is 0.491 e. The Kier molecular flexibility index (Phi) is 6.80. The standard InChI is InChI=1S/C24H29N3O5/c1-17(2)32-20-6-3-18(4-7-20)24(29)27-13-11-26(12-14-27)10-9-25-23(28)19-5-8-21-22(15-19)31-16-30-21/h3-8,15,17H,9-14,16H2,1-2H3,(H,25,28). The van der Waals surface area contributed by atoms with Crippen molar-refractivity contribution in [3.8, 4) is 17.2 Å². The van der Waals surface area contributed by atoms with Crippen molar-refractivity contribution in [1.82, 2.24) is 15.1 Å². The van der Waals surface area contributed by atoms with Gasteiger partial charge in [-0.1, -0.05) is 0 Å². The first-order valence-electron chi connectivity index (χ1n) is 11.0. The lowest BCUT2D eigenvalue weighted by atomic mass is 10.1. The van der Waals surface area contributed by atoms with Gasteiger partial charge in [0.05, 0.1) is 6.10 Å². The van der Waals surface area contributed by atoms with Crippen LogP contribution in [-0.4, -0.2) is 73.8 Å². The van der Waals surface area contributed by atoms with Crippen molar-refractivity contribution in [2.75, 3.05) is 46.1 Å². The summed E-state index contributed by atoms with van der Waals surface area (Å²) in [4.78, 5) is 29.3. The fraction of sp³-hybridized carbons (Fsp3) is 0.417. The van der Waals surface area contributed by atoms with Crippen LogP contribution >= 0.6 is 0 Å². The van der Waals surface area contributed by atoms with Gasteiger partial charge in [0.2, 0.25) is 6.79 Å². The molecule has 4 rings (SSSR count). The first-order valence-corrected chi connectivity index (χ1v) is 11.0. The number of benzene rings is 2. The Labute approximate surface area is 188 Å². The van der Waals surface area contributed by atoms with E-state index in [4.69, 9.17) is 14.2 Å². The summed E-state index contributed by atoms with van der Waals surface area (Å²) >= 11 is 0. The van der Waals surface area contributed by atoms with Gasteiger partial charge in [-0.05, 0) is 56.3 Å². The maximum Gasteiger partial charge on any atom is 0.253 e. The molecule has 0 spiro atoms. The van der Waals surface area contributed by atoms with E-state index in [0.717, 1.165) is 25.4 Å². The van der Waals surface area contributed by atoms with Crippen LogP contribution in [0.25, 0.3) is 0 Å². The fourth-order valence-electron chi connectivity index (χ4n) is 3.77. The van der Waals surface area contributed by atoms with Gasteiger partial charge in [-0.2, -0.15) is 0 Å². The zero-order valence-corrected chi connectivity index (χ0v) is 18.5. The molecular weight excluding hydrogens is 410 g/mol. The molecule has 0 aromatic heterocycles. The van der Waals surface area contributed by atoms with Crippen LogP contribution in [0.5, 0.6) is 17.2 Å². The van der Waals surface area contributed by atoms with Gasteiger partial charge in [-0.15, -0.1) is 0 Å². The summed E-state index contributed by atoms with van der Waals surface area (Å²) in [5.41, 5.74) is 1.22. The van der Waals surface area contributed by atoms with Gasteiger partial charge in [0, 0.05) is 50.4 Å². The molecule has 32 heavy (non-hydrogen) atoms. The number of rotatable bonds is 7. The second kappa shape index (κ2) is 9.91. The number of piperazine rings is 1. The van der Waals surface area contributed by atoms with Gasteiger partial charge in [-0.25, -0.2) is 0 Å². The monoisotopic (exact) mass is 439 g/mol. The van der Waals surface area contributed by atoms with Crippen LogP contribution in [0.15, 0.2) is 42.5 Å². The highest BCUT2D eigenvalue weighted by Gasteiger charge is 2.22. The number of fused-ring (bicyclic) bond motifs is 1. The van der Waals surface area contributed by atoms with Crippen LogP contribution in [-0.2, 0) is 0 Å². The molecular formula is C24H29N3O5. The Hall–Kier alpha value is -3.26. The lowest BCUT2D eigenvalue weighted by Crippen LogP contribution is -2.50. The van der Waals surface area contributed by atoms with E-state index in [9.17, 15) is 9.59 Å². The number of nitrogens with zero attached hydrogens (tertiary/aromatic N) is 2. The quantitative estimate of drug-likeness (QED) is 0.714. The molecule has 2 amide bonds. The molecule has 170 valence electrons. The maximum atomic E-state index is 12.8. The third kappa shape index (κ3) is 5.31. The molecule has 2 aliphatic heterocycles. The number of hydrogen-bond donors (Lipinski definition) is 1. The SMILES string of the molecule is CC(C)Oc1ccc(C(=O)N2CCN(CCNC(=O)c3ccc4c(c3)OCO4)CC2)cc1. The molecule has 0 saturated carbocycles. The average Bonchev–Trinajstić information content (AvgIpc) is 3.27. The van der Waals surface area contributed by atoms with Crippen LogP contribution in [0.4, 0.5) is 0 Å². The molecule has 0 aliphatic carbocycles. The molecule has 1 fully saturated rings. The third-order valence-corrected chi connectivity index (χ3v) is 5.48. The van der Waals surface area contributed by atoms with Crippen molar-refractivity contribution in [2.45, 2.75) is 20.0 Å². The summed E-state index contributed by atoms with van der Waals surface area (Å²) < 4.78 is 16.2. The van der Waals surface area contributed by atoms with Gasteiger partial charge < -0.3 is 24.4 Å². The van der Waals surface area contributed by atoms with E-state index < -0.39 is 0 Å². The normalized spacial score (nSPS) is 15.7. The van der Waals surface area contributed by atoms with Crippen molar-refractivity contribution in [3.63, 3.8) is 0 Å². The summed E-state index contributed by atoms with van der Waals surface area (Å²) in [6.45, 7) is 8.30. The van der Waals surface area contributed by atoms with Crippen molar-refractivity contribution < 1.29 is 23.8 Å². The van der Waals surface area contributed by atoms with Crippen molar-refractivity contribution >= 4 is 11.8 Å². The summed E-state index contributed by atoms with van der Waals surface area (Å²) in [6.07, 6.45) is 0.103. The average molecular weight is 440 g/mol. The van der Waals surface area contributed by atoms with E-state index in [0.29, 0.717) is 42.3 Å². The van der Waals surface area contributed by atoms with E-state index >= 15 is 0 Å². The highest BCUT2D eigenvalue weighted by molar-refractivity contribution is 5.95. The first-order chi connectivity index (χ1) is 15.5. The Morgan fingerprint density at radius 2 is 1.66 bits per heavy atom. The minimum atomic E-state index is -0.137. The van der Waals surface area contributed by atoms with E-state index in [1.807, 2.05) is 43.0 Å². The Balaban J connectivity index is 1.19. The number of carbonyl (C=O) groups excluding carboxylic acids is 2. The molecule has 2 heterocycles. The van der Waals surface area contributed by atoms with Gasteiger partial charge >= 0.3 is 0 Å². The summed E-state index contributed by atoms with van der Waals surface area (Å²) in [7, 11) is 0. The van der Waals surface area contributed by atoms with Gasteiger partial charge in [-0.3, -0.25) is 14.5 Å². The minimum Gasteiger partial charge on any atom is -0.491 e. The molecule has 2 aromatic rings. The van der Waals surface area contributed by atoms with Crippen molar-refractivity contribution in [1.29, 1.82) is 0 Å². The molecule has 1 N–H and O–H groups in total.